The number of hydrogen-bond donors (Lipinski definition) is 0. The maximum absolute atomic E-state index is 6.91. The van der Waals surface area contributed by atoms with Crippen molar-refractivity contribution in [2.24, 2.45) is 0 Å². The van der Waals surface area contributed by atoms with Crippen LogP contribution in [-0.4, -0.2) is 12.3 Å². The van der Waals surface area contributed by atoms with Gasteiger partial charge in [-0.05, 0) is 151 Å². The van der Waals surface area contributed by atoms with Gasteiger partial charge in [-0.25, -0.2) is 0 Å². The molecule has 1 fully saturated rings. The van der Waals surface area contributed by atoms with Crippen LogP contribution in [0.5, 0.6) is 0 Å². The Morgan fingerprint density at radius 3 is 2.00 bits per heavy atom. The second kappa shape index (κ2) is 14.2. The molecule has 2 unspecified atom stereocenters. The topological polar surface area (TPSA) is 22.9 Å². The summed E-state index contributed by atoms with van der Waals surface area (Å²) in [4.78, 5) is 8.00. The molecule has 0 saturated heterocycles. The molecule has 2 aromatic heterocycles. The highest BCUT2D eigenvalue weighted by Gasteiger charge is 2.58. The SMILES string of the molecule is Cc1cc2c3c(c1)N(c1cccc4c1sc1ccccc14)c1cc(N4c5cc(C)cc(C)c5C5(C)CCCCC45C)ccc1B3c1ccc(C(C)(C)C)cc1N2c1cccc2c1oc1ccccc12. The van der Waals surface area contributed by atoms with E-state index >= 15 is 0 Å². The minimum absolute atomic E-state index is 0.0152. The van der Waals surface area contributed by atoms with Crippen molar-refractivity contribution in [1.29, 1.82) is 0 Å². The maximum Gasteiger partial charge on any atom is 0.252 e. The van der Waals surface area contributed by atoms with Gasteiger partial charge in [-0.15, -0.1) is 11.3 Å². The largest absolute Gasteiger partial charge is 0.454 e. The molecule has 69 heavy (non-hydrogen) atoms. The smallest absolute Gasteiger partial charge is 0.252 e. The molecule has 0 bridgehead atoms. The van der Waals surface area contributed by atoms with Crippen molar-refractivity contribution in [3.63, 3.8) is 0 Å². The van der Waals surface area contributed by atoms with E-state index in [0.29, 0.717) is 0 Å². The van der Waals surface area contributed by atoms with Crippen LogP contribution < -0.4 is 31.1 Å². The number of furan rings is 1. The molecule has 14 rings (SSSR count). The molecule has 6 heteroatoms. The highest BCUT2D eigenvalue weighted by molar-refractivity contribution is 7.26. The Morgan fingerprint density at radius 2 is 1.20 bits per heavy atom. The van der Waals surface area contributed by atoms with Crippen molar-refractivity contribution in [3.05, 3.63) is 173 Å². The molecule has 1 saturated carbocycles. The number of rotatable bonds is 3. The molecule has 0 amide bonds. The van der Waals surface area contributed by atoms with Crippen molar-refractivity contribution in [2.75, 3.05) is 14.7 Å². The van der Waals surface area contributed by atoms with Gasteiger partial charge in [-0.2, -0.15) is 0 Å². The van der Waals surface area contributed by atoms with Crippen LogP contribution in [0.15, 0.2) is 150 Å². The van der Waals surface area contributed by atoms with Crippen LogP contribution in [0.4, 0.5) is 45.5 Å². The van der Waals surface area contributed by atoms with Gasteiger partial charge in [-0.3, -0.25) is 0 Å². The average molecular weight is 914 g/mol. The van der Waals surface area contributed by atoms with Crippen molar-refractivity contribution < 1.29 is 4.42 Å². The van der Waals surface area contributed by atoms with E-state index in [4.69, 9.17) is 4.42 Å². The van der Waals surface area contributed by atoms with Gasteiger partial charge in [-0.1, -0.05) is 125 Å². The summed E-state index contributed by atoms with van der Waals surface area (Å²) in [6.45, 7) is 19.0. The summed E-state index contributed by atoms with van der Waals surface area (Å²) in [7, 11) is 0. The lowest BCUT2D eigenvalue weighted by Crippen LogP contribution is -2.61. The lowest BCUT2D eigenvalue weighted by molar-refractivity contribution is 0.194. The molecule has 3 aliphatic heterocycles. The Morgan fingerprint density at radius 1 is 0.565 bits per heavy atom. The van der Waals surface area contributed by atoms with Crippen LogP contribution >= 0.6 is 11.3 Å². The van der Waals surface area contributed by atoms with Gasteiger partial charge in [0.25, 0.3) is 6.71 Å². The zero-order valence-electron chi connectivity index (χ0n) is 40.9. The third-order valence-electron chi connectivity index (χ3n) is 17.1. The summed E-state index contributed by atoms with van der Waals surface area (Å²) in [5.41, 5.74) is 22.4. The van der Waals surface area contributed by atoms with Gasteiger partial charge < -0.3 is 19.1 Å². The second-order valence-electron chi connectivity index (χ2n) is 22.2. The van der Waals surface area contributed by atoms with Crippen LogP contribution in [0, 0.1) is 20.8 Å². The third kappa shape index (κ3) is 5.53. The summed E-state index contributed by atoms with van der Waals surface area (Å²) in [6.07, 6.45) is 4.86. The fourth-order valence-electron chi connectivity index (χ4n) is 13.8. The first-order valence-corrected chi connectivity index (χ1v) is 25.9. The fraction of sp³-hybridized carbons (Fsp3) is 0.238. The molecular formula is C63H56BN3OS. The van der Waals surface area contributed by atoms with E-state index in [1.54, 1.807) is 5.56 Å². The van der Waals surface area contributed by atoms with Gasteiger partial charge in [0.1, 0.15) is 5.58 Å². The first kappa shape index (κ1) is 41.2. The number of aryl methyl sites for hydroxylation is 3. The average Bonchev–Trinajstić information content (AvgIpc) is 3.97. The Kier molecular flexibility index (Phi) is 8.47. The van der Waals surface area contributed by atoms with Crippen molar-refractivity contribution >= 4 is 122 Å². The van der Waals surface area contributed by atoms with Crippen molar-refractivity contribution in [3.8, 4) is 0 Å². The van der Waals surface area contributed by atoms with Gasteiger partial charge in [0.2, 0.25) is 0 Å². The molecule has 5 heterocycles. The quantitative estimate of drug-likeness (QED) is 0.165. The molecule has 8 aromatic carbocycles. The monoisotopic (exact) mass is 913 g/mol. The molecule has 0 radical (unpaired) electrons. The predicted molar refractivity (Wildman–Crippen MR) is 296 cm³/mol. The number of thiophene rings is 1. The highest BCUT2D eigenvalue weighted by Crippen LogP contribution is 2.62. The molecule has 338 valence electrons. The molecule has 4 aliphatic rings. The van der Waals surface area contributed by atoms with E-state index < -0.39 is 0 Å². The van der Waals surface area contributed by atoms with Crippen LogP contribution in [0.3, 0.4) is 0 Å². The third-order valence-corrected chi connectivity index (χ3v) is 18.3. The highest BCUT2D eigenvalue weighted by atomic mass is 32.1. The normalized spacial score (nSPS) is 19.4. The van der Waals surface area contributed by atoms with Crippen molar-refractivity contribution in [1.82, 2.24) is 0 Å². The summed E-state index contributed by atoms with van der Waals surface area (Å²) >= 11 is 1.92. The molecule has 2 atom stereocenters. The molecule has 4 nitrogen and oxygen atoms in total. The number of para-hydroxylation sites is 2. The van der Waals surface area contributed by atoms with Crippen LogP contribution in [0.2, 0.25) is 0 Å². The summed E-state index contributed by atoms with van der Waals surface area (Å²) in [5, 5.41) is 4.89. The summed E-state index contributed by atoms with van der Waals surface area (Å²) < 4.78 is 9.54. The Hall–Kier alpha value is -6.76. The maximum atomic E-state index is 6.91. The van der Waals surface area contributed by atoms with Crippen LogP contribution in [-0.2, 0) is 10.8 Å². The second-order valence-corrected chi connectivity index (χ2v) is 23.3. The fourth-order valence-corrected chi connectivity index (χ4v) is 15.0. The molecule has 10 aromatic rings. The van der Waals surface area contributed by atoms with Gasteiger partial charge >= 0.3 is 0 Å². The minimum atomic E-state index is -0.0774. The first-order valence-electron chi connectivity index (χ1n) is 25.1. The van der Waals surface area contributed by atoms with E-state index in [2.05, 4.69) is 216 Å². The summed E-state index contributed by atoms with van der Waals surface area (Å²) in [6, 6.07) is 55.8. The predicted octanol–water partition coefficient (Wildman–Crippen LogP) is 16.0. The summed E-state index contributed by atoms with van der Waals surface area (Å²) in [5.74, 6) is 0. The number of fused-ring (bicyclic) bond motifs is 13. The Balaban J connectivity index is 1.09. The zero-order chi connectivity index (χ0) is 46.9. The molecule has 0 spiro atoms. The van der Waals surface area contributed by atoms with Gasteiger partial charge in [0, 0.05) is 65.8 Å². The number of anilines is 8. The van der Waals surface area contributed by atoms with E-state index in [9.17, 15) is 0 Å². The lowest BCUT2D eigenvalue weighted by atomic mass is 9.33. The van der Waals surface area contributed by atoms with E-state index in [1.165, 1.54) is 118 Å². The standard InChI is InChI=1S/C63H56BN3OS/c1-37-31-39(3)57-52(32-37)67(63(8)30-14-13-29-62(57,63)7)41-26-28-47-51(36-41)66(49-22-16-20-45-43-18-10-12-24-56(43)69-60(45)49)54-34-38(2)33-53-58(54)64(47)46-27-25-40(61(4,5)6)35-50(46)65(53)48-21-15-19-44-42-17-9-11-23-55(42)68-59(44)48/h9-12,15-28,31-36H,13-14,29-30H2,1-8H3. The lowest BCUT2D eigenvalue weighted by Gasteiger charge is -2.51. The molecule has 1 aliphatic carbocycles. The van der Waals surface area contributed by atoms with E-state index in [1.807, 2.05) is 11.3 Å². The van der Waals surface area contributed by atoms with Crippen LogP contribution in [0.25, 0.3) is 42.1 Å². The Bertz CT molecular complexity index is 3850. The minimum Gasteiger partial charge on any atom is -0.454 e. The van der Waals surface area contributed by atoms with Crippen molar-refractivity contribution in [2.45, 2.75) is 97.4 Å². The number of benzene rings is 8. The Labute approximate surface area is 409 Å². The zero-order valence-corrected chi connectivity index (χ0v) is 41.7. The first-order chi connectivity index (χ1) is 33.3. The van der Waals surface area contributed by atoms with Gasteiger partial charge in [0.05, 0.1) is 21.6 Å². The molecular weight excluding hydrogens is 858 g/mol. The van der Waals surface area contributed by atoms with Gasteiger partial charge in [0.15, 0.2) is 5.58 Å². The van der Waals surface area contributed by atoms with Crippen LogP contribution in [0.1, 0.15) is 88.1 Å². The van der Waals surface area contributed by atoms with E-state index in [0.717, 1.165) is 34.0 Å². The number of hydrogen-bond acceptors (Lipinski definition) is 5. The number of nitrogens with zero attached hydrogens (tertiary/aromatic N) is 3. The molecule has 0 N–H and O–H groups in total. The van der Waals surface area contributed by atoms with E-state index in [-0.39, 0.29) is 23.1 Å².